The van der Waals surface area contributed by atoms with Crippen molar-refractivity contribution in [3.63, 3.8) is 0 Å². The first kappa shape index (κ1) is 13.4. The SMILES string of the molecule is COC(=O)CCC(=O)c1c(C)cc(C)cc1C. The molecule has 0 amide bonds. The van der Waals surface area contributed by atoms with Gasteiger partial charge in [0.1, 0.15) is 0 Å². The molecule has 1 aromatic carbocycles. The quantitative estimate of drug-likeness (QED) is 0.594. The second-order valence-corrected chi connectivity index (χ2v) is 4.27. The third-order valence-corrected chi connectivity index (χ3v) is 2.74. The number of Topliss-reactive ketones (excluding diaryl/α,β-unsaturated/α-hetero) is 1. The Labute approximate surface area is 102 Å². The van der Waals surface area contributed by atoms with Crippen LogP contribution in [0.15, 0.2) is 12.1 Å². The van der Waals surface area contributed by atoms with Gasteiger partial charge in [-0.3, -0.25) is 9.59 Å². The summed E-state index contributed by atoms with van der Waals surface area (Å²) < 4.78 is 4.52. The Bertz CT molecular complexity index is 424. The second kappa shape index (κ2) is 5.62. The summed E-state index contributed by atoms with van der Waals surface area (Å²) in [5.74, 6) is -0.342. The normalized spacial score (nSPS) is 10.1. The van der Waals surface area contributed by atoms with Crippen LogP contribution in [-0.4, -0.2) is 18.9 Å². The fourth-order valence-corrected chi connectivity index (χ4v) is 2.06. The number of hydrogen-bond donors (Lipinski definition) is 0. The van der Waals surface area contributed by atoms with Crippen molar-refractivity contribution in [2.75, 3.05) is 7.11 Å². The van der Waals surface area contributed by atoms with Gasteiger partial charge in [-0.1, -0.05) is 17.7 Å². The van der Waals surface area contributed by atoms with Gasteiger partial charge in [0.25, 0.3) is 0 Å². The lowest BCUT2D eigenvalue weighted by atomic mass is 9.95. The Hall–Kier alpha value is -1.64. The number of carbonyl (C=O) groups is 2. The molecule has 1 rings (SSSR count). The fraction of sp³-hybridized carbons (Fsp3) is 0.429. The third-order valence-electron chi connectivity index (χ3n) is 2.74. The van der Waals surface area contributed by atoms with Crippen molar-refractivity contribution in [1.82, 2.24) is 0 Å². The van der Waals surface area contributed by atoms with Gasteiger partial charge in [0.15, 0.2) is 5.78 Å². The maximum atomic E-state index is 12.0. The molecule has 0 bridgehead atoms. The highest BCUT2D eigenvalue weighted by molar-refractivity contribution is 6.00. The van der Waals surface area contributed by atoms with Crippen LogP contribution in [-0.2, 0) is 9.53 Å². The van der Waals surface area contributed by atoms with Crippen LogP contribution in [0.3, 0.4) is 0 Å². The van der Waals surface area contributed by atoms with Gasteiger partial charge in [0.05, 0.1) is 13.5 Å². The van der Waals surface area contributed by atoms with E-state index in [1.54, 1.807) is 0 Å². The highest BCUT2D eigenvalue weighted by Crippen LogP contribution is 2.18. The Morgan fingerprint density at radius 2 is 1.59 bits per heavy atom. The molecule has 0 radical (unpaired) electrons. The van der Waals surface area contributed by atoms with Gasteiger partial charge in [-0.25, -0.2) is 0 Å². The van der Waals surface area contributed by atoms with Gasteiger partial charge < -0.3 is 4.74 Å². The smallest absolute Gasteiger partial charge is 0.305 e. The molecule has 0 unspecified atom stereocenters. The lowest BCUT2D eigenvalue weighted by Gasteiger charge is -2.09. The molecule has 0 atom stereocenters. The van der Waals surface area contributed by atoms with Crippen LogP contribution in [0.2, 0.25) is 0 Å². The van der Waals surface area contributed by atoms with Gasteiger partial charge in [0.2, 0.25) is 0 Å². The second-order valence-electron chi connectivity index (χ2n) is 4.27. The molecular formula is C14H18O3. The van der Waals surface area contributed by atoms with Crippen LogP contribution in [0.25, 0.3) is 0 Å². The van der Waals surface area contributed by atoms with Gasteiger partial charge in [-0.15, -0.1) is 0 Å². The summed E-state index contributed by atoms with van der Waals surface area (Å²) in [6.07, 6.45) is 0.347. The summed E-state index contributed by atoms with van der Waals surface area (Å²) in [6.45, 7) is 5.85. The third kappa shape index (κ3) is 3.41. The van der Waals surface area contributed by atoms with Crippen molar-refractivity contribution >= 4 is 11.8 Å². The molecule has 0 aromatic heterocycles. The van der Waals surface area contributed by atoms with Crippen LogP contribution in [0.5, 0.6) is 0 Å². The number of methoxy groups -OCH3 is 1. The van der Waals surface area contributed by atoms with Crippen LogP contribution >= 0.6 is 0 Å². The summed E-state index contributed by atoms with van der Waals surface area (Å²) in [6, 6.07) is 3.97. The largest absolute Gasteiger partial charge is 0.469 e. The van der Waals surface area contributed by atoms with Crippen LogP contribution < -0.4 is 0 Å². The number of aryl methyl sites for hydroxylation is 3. The molecule has 0 fully saturated rings. The standard InChI is InChI=1S/C14H18O3/c1-9-7-10(2)14(11(3)8-9)12(15)5-6-13(16)17-4/h7-8H,5-6H2,1-4H3. The summed E-state index contributed by atoms with van der Waals surface area (Å²) in [4.78, 5) is 23.0. The van der Waals surface area contributed by atoms with E-state index >= 15 is 0 Å². The van der Waals surface area contributed by atoms with E-state index in [4.69, 9.17) is 0 Å². The minimum atomic E-state index is -0.347. The average molecular weight is 234 g/mol. The molecule has 0 aliphatic heterocycles. The topological polar surface area (TPSA) is 43.4 Å². The van der Waals surface area contributed by atoms with Crippen LogP contribution in [0.1, 0.15) is 39.9 Å². The molecule has 3 nitrogen and oxygen atoms in total. The van der Waals surface area contributed by atoms with E-state index in [2.05, 4.69) is 4.74 Å². The van der Waals surface area contributed by atoms with Gasteiger partial charge in [0, 0.05) is 12.0 Å². The van der Waals surface area contributed by atoms with E-state index in [9.17, 15) is 9.59 Å². The van der Waals surface area contributed by atoms with Crippen molar-refractivity contribution in [2.45, 2.75) is 33.6 Å². The number of carbonyl (C=O) groups excluding carboxylic acids is 2. The maximum Gasteiger partial charge on any atom is 0.305 e. The Morgan fingerprint density at radius 1 is 1.06 bits per heavy atom. The van der Waals surface area contributed by atoms with E-state index in [-0.39, 0.29) is 24.6 Å². The van der Waals surface area contributed by atoms with E-state index < -0.39 is 0 Å². The van der Waals surface area contributed by atoms with Crippen LogP contribution in [0.4, 0.5) is 0 Å². The highest BCUT2D eigenvalue weighted by Gasteiger charge is 2.14. The zero-order valence-electron chi connectivity index (χ0n) is 10.8. The monoisotopic (exact) mass is 234 g/mol. The summed E-state index contributed by atoms with van der Waals surface area (Å²) in [5.41, 5.74) is 3.82. The lowest BCUT2D eigenvalue weighted by molar-refractivity contribution is -0.140. The highest BCUT2D eigenvalue weighted by atomic mass is 16.5. The number of ketones is 1. The molecule has 92 valence electrons. The average Bonchev–Trinajstić information content (AvgIpc) is 2.24. The predicted molar refractivity (Wildman–Crippen MR) is 66.2 cm³/mol. The molecule has 0 N–H and O–H groups in total. The summed E-state index contributed by atoms with van der Waals surface area (Å²) in [5, 5.41) is 0. The number of ether oxygens (including phenoxy) is 1. The molecule has 17 heavy (non-hydrogen) atoms. The minimum absolute atomic E-state index is 0.00500. The molecule has 1 aromatic rings. The molecule has 3 heteroatoms. The summed E-state index contributed by atoms with van der Waals surface area (Å²) >= 11 is 0. The van der Waals surface area contributed by atoms with Crippen molar-refractivity contribution in [3.05, 3.63) is 34.4 Å². The van der Waals surface area contributed by atoms with E-state index in [1.165, 1.54) is 7.11 Å². The van der Waals surface area contributed by atoms with Crippen molar-refractivity contribution in [2.24, 2.45) is 0 Å². The summed E-state index contributed by atoms with van der Waals surface area (Å²) in [7, 11) is 1.33. The van der Waals surface area contributed by atoms with Gasteiger partial charge >= 0.3 is 5.97 Å². The molecule has 0 aliphatic rings. The molecule has 0 saturated carbocycles. The number of benzene rings is 1. The Kier molecular flexibility index (Phi) is 4.44. The fourth-order valence-electron chi connectivity index (χ4n) is 2.06. The zero-order valence-corrected chi connectivity index (χ0v) is 10.8. The van der Waals surface area contributed by atoms with E-state index in [0.29, 0.717) is 0 Å². The lowest BCUT2D eigenvalue weighted by Crippen LogP contribution is -2.09. The molecule has 0 heterocycles. The van der Waals surface area contributed by atoms with E-state index in [1.807, 2.05) is 32.9 Å². The first-order valence-electron chi connectivity index (χ1n) is 5.63. The van der Waals surface area contributed by atoms with Gasteiger partial charge in [-0.2, -0.15) is 0 Å². The number of esters is 1. The Morgan fingerprint density at radius 3 is 2.06 bits per heavy atom. The van der Waals surface area contributed by atoms with Crippen molar-refractivity contribution in [1.29, 1.82) is 0 Å². The molecule has 0 spiro atoms. The van der Waals surface area contributed by atoms with Crippen molar-refractivity contribution < 1.29 is 14.3 Å². The van der Waals surface area contributed by atoms with Crippen LogP contribution in [0, 0.1) is 20.8 Å². The first-order chi connectivity index (χ1) is 7.95. The molecule has 0 aliphatic carbocycles. The number of rotatable bonds is 4. The predicted octanol–water partition coefficient (Wildman–Crippen LogP) is 2.75. The minimum Gasteiger partial charge on any atom is -0.469 e. The first-order valence-corrected chi connectivity index (χ1v) is 5.63. The maximum absolute atomic E-state index is 12.0. The molecular weight excluding hydrogens is 216 g/mol. The van der Waals surface area contributed by atoms with Crippen molar-refractivity contribution in [3.8, 4) is 0 Å². The Balaban J connectivity index is 2.86. The molecule has 0 saturated heterocycles. The number of hydrogen-bond acceptors (Lipinski definition) is 3. The zero-order chi connectivity index (χ0) is 13.0. The van der Waals surface area contributed by atoms with E-state index in [0.717, 1.165) is 22.3 Å². The van der Waals surface area contributed by atoms with Gasteiger partial charge in [-0.05, 0) is 31.9 Å².